The highest BCUT2D eigenvalue weighted by Gasteiger charge is 2.24. The molecule has 2 fully saturated rings. The van der Waals surface area contributed by atoms with Crippen LogP contribution in [0.5, 0.6) is 0 Å². The minimum Gasteiger partial charge on any atom is -0.381 e. The van der Waals surface area contributed by atoms with Gasteiger partial charge in [0.2, 0.25) is 0 Å². The first-order chi connectivity index (χ1) is 8.27. The Labute approximate surface area is 105 Å². The number of hydrogen-bond donors (Lipinski definition) is 2. The fraction of sp³-hybridized carbons (Fsp3) is 1.00. The van der Waals surface area contributed by atoms with Gasteiger partial charge in [-0.05, 0) is 44.6 Å². The van der Waals surface area contributed by atoms with Crippen LogP contribution in [0, 0.1) is 11.8 Å². The lowest BCUT2D eigenvalue weighted by molar-refractivity contribution is 0.177. The number of hydrogen-bond acceptors (Lipinski definition) is 3. The average molecular weight is 240 g/mol. The minimum atomic E-state index is 0.414. The van der Waals surface area contributed by atoms with Crippen molar-refractivity contribution in [1.82, 2.24) is 5.32 Å². The fourth-order valence-corrected chi connectivity index (χ4v) is 3.12. The van der Waals surface area contributed by atoms with Crippen molar-refractivity contribution in [3.05, 3.63) is 0 Å². The Bertz CT molecular complexity index is 216. The molecule has 3 N–H and O–H groups in total. The Morgan fingerprint density at radius 1 is 1.24 bits per heavy atom. The van der Waals surface area contributed by atoms with Crippen LogP contribution in [0.4, 0.5) is 0 Å². The maximum Gasteiger partial charge on any atom is 0.0509 e. The molecule has 4 unspecified atom stereocenters. The van der Waals surface area contributed by atoms with E-state index in [1.165, 1.54) is 38.5 Å². The molecule has 0 aromatic rings. The summed E-state index contributed by atoms with van der Waals surface area (Å²) in [6, 6.07) is 0.991. The maximum absolute atomic E-state index is 6.25. The van der Waals surface area contributed by atoms with E-state index in [0.29, 0.717) is 23.9 Å². The highest BCUT2D eigenvalue weighted by molar-refractivity contribution is 4.81. The molecule has 0 spiro atoms. The molecular weight excluding hydrogens is 212 g/mol. The van der Waals surface area contributed by atoms with Crippen LogP contribution >= 0.6 is 0 Å². The van der Waals surface area contributed by atoms with E-state index in [9.17, 15) is 0 Å². The second-order valence-corrected chi connectivity index (χ2v) is 5.88. The first kappa shape index (κ1) is 13.3. The van der Waals surface area contributed by atoms with E-state index >= 15 is 0 Å². The number of nitrogens with two attached hydrogens (primary N) is 1. The zero-order chi connectivity index (χ0) is 12.1. The molecule has 1 heterocycles. The smallest absolute Gasteiger partial charge is 0.0509 e. The molecule has 1 aliphatic heterocycles. The van der Waals surface area contributed by atoms with Gasteiger partial charge in [-0.15, -0.1) is 0 Å². The predicted molar refractivity (Wildman–Crippen MR) is 70.9 cm³/mol. The van der Waals surface area contributed by atoms with Gasteiger partial charge in [0, 0.05) is 18.7 Å². The average Bonchev–Trinajstić information content (AvgIpc) is 2.78. The quantitative estimate of drug-likeness (QED) is 0.738. The molecule has 1 saturated heterocycles. The molecule has 2 aliphatic rings. The van der Waals surface area contributed by atoms with Crippen LogP contribution < -0.4 is 11.1 Å². The van der Waals surface area contributed by atoms with Crippen molar-refractivity contribution in [2.24, 2.45) is 17.6 Å². The molecule has 0 bridgehead atoms. The molecule has 0 radical (unpaired) electrons. The lowest BCUT2D eigenvalue weighted by Crippen LogP contribution is -2.42. The van der Waals surface area contributed by atoms with Gasteiger partial charge < -0.3 is 15.8 Å². The van der Waals surface area contributed by atoms with E-state index in [1.54, 1.807) is 0 Å². The summed E-state index contributed by atoms with van der Waals surface area (Å²) in [5.41, 5.74) is 6.25. The zero-order valence-corrected chi connectivity index (χ0v) is 11.2. The molecule has 0 amide bonds. The first-order valence-electron chi connectivity index (χ1n) is 7.34. The molecule has 0 aromatic heterocycles. The van der Waals surface area contributed by atoms with Crippen LogP contribution in [0.3, 0.4) is 0 Å². The summed E-state index contributed by atoms with van der Waals surface area (Å²) >= 11 is 0. The number of ether oxygens (including phenoxy) is 1. The third-order valence-corrected chi connectivity index (χ3v) is 4.59. The highest BCUT2D eigenvalue weighted by Crippen LogP contribution is 2.22. The van der Waals surface area contributed by atoms with Crippen molar-refractivity contribution < 1.29 is 4.74 Å². The van der Waals surface area contributed by atoms with E-state index in [4.69, 9.17) is 10.5 Å². The number of rotatable bonds is 4. The van der Waals surface area contributed by atoms with Gasteiger partial charge in [0.25, 0.3) is 0 Å². The van der Waals surface area contributed by atoms with Gasteiger partial charge in [-0.3, -0.25) is 0 Å². The second kappa shape index (κ2) is 6.72. The van der Waals surface area contributed by atoms with E-state index < -0.39 is 0 Å². The minimum absolute atomic E-state index is 0.414. The van der Waals surface area contributed by atoms with Gasteiger partial charge in [-0.25, -0.2) is 0 Å². The Morgan fingerprint density at radius 2 is 2.06 bits per heavy atom. The normalized spacial score (nSPS) is 36.7. The lowest BCUT2D eigenvalue weighted by atomic mass is 9.94. The largest absolute Gasteiger partial charge is 0.381 e. The van der Waals surface area contributed by atoms with Crippen molar-refractivity contribution in [3.63, 3.8) is 0 Å². The lowest BCUT2D eigenvalue weighted by Gasteiger charge is -2.26. The Kier molecular flexibility index (Phi) is 5.26. The van der Waals surface area contributed by atoms with Crippen molar-refractivity contribution in [3.8, 4) is 0 Å². The molecule has 2 rings (SSSR count). The fourth-order valence-electron chi connectivity index (χ4n) is 3.12. The predicted octanol–water partition coefficient (Wildman–Crippen LogP) is 1.91. The molecule has 3 heteroatoms. The summed E-state index contributed by atoms with van der Waals surface area (Å²) in [6.07, 6.45) is 7.79. The van der Waals surface area contributed by atoms with Gasteiger partial charge in [-0.2, -0.15) is 0 Å². The van der Waals surface area contributed by atoms with Crippen molar-refractivity contribution >= 4 is 0 Å². The SMILES string of the molecule is CC(NCC1CCCCCC1N)C1CCOC1. The summed E-state index contributed by atoms with van der Waals surface area (Å²) in [7, 11) is 0. The van der Waals surface area contributed by atoms with Crippen LogP contribution in [0.2, 0.25) is 0 Å². The van der Waals surface area contributed by atoms with E-state index in [2.05, 4.69) is 12.2 Å². The van der Waals surface area contributed by atoms with Crippen LogP contribution in [-0.2, 0) is 4.74 Å². The first-order valence-corrected chi connectivity index (χ1v) is 7.34. The molecule has 1 saturated carbocycles. The van der Waals surface area contributed by atoms with Crippen LogP contribution in [0.15, 0.2) is 0 Å². The Morgan fingerprint density at radius 3 is 2.82 bits per heavy atom. The zero-order valence-electron chi connectivity index (χ0n) is 11.2. The monoisotopic (exact) mass is 240 g/mol. The molecule has 0 aromatic carbocycles. The van der Waals surface area contributed by atoms with Gasteiger partial charge in [0.15, 0.2) is 0 Å². The van der Waals surface area contributed by atoms with Crippen LogP contribution in [-0.4, -0.2) is 31.8 Å². The molecular formula is C14H28N2O. The van der Waals surface area contributed by atoms with E-state index in [-0.39, 0.29) is 0 Å². The summed E-state index contributed by atoms with van der Waals surface area (Å²) in [4.78, 5) is 0. The van der Waals surface area contributed by atoms with Crippen molar-refractivity contribution in [2.75, 3.05) is 19.8 Å². The van der Waals surface area contributed by atoms with E-state index in [0.717, 1.165) is 19.8 Å². The third-order valence-electron chi connectivity index (χ3n) is 4.59. The van der Waals surface area contributed by atoms with Crippen molar-refractivity contribution in [2.45, 2.75) is 57.5 Å². The topological polar surface area (TPSA) is 47.3 Å². The molecule has 4 atom stereocenters. The summed E-state index contributed by atoms with van der Waals surface area (Å²) in [5.74, 6) is 1.39. The third kappa shape index (κ3) is 3.94. The standard InChI is InChI=1S/C14H28N2O/c1-11(13-7-8-17-10-13)16-9-12-5-3-2-4-6-14(12)15/h11-14,16H,2-10,15H2,1H3. The Hall–Kier alpha value is -0.120. The highest BCUT2D eigenvalue weighted by atomic mass is 16.5. The van der Waals surface area contributed by atoms with Gasteiger partial charge in [0.1, 0.15) is 0 Å². The maximum atomic E-state index is 6.25. The summed E-state index contributed by atoms with van der Waals surface area (Å²) < 4.78 is 5.45. The Balaban J connectivity index is 1.71. The van der Waals surface area contributed by atoms with Gasteiger partial charge >= 0.3 is 0 Å². The second-order valence-electron chi connectivity index (χ2n) is 5.88. The van der Waals surface area contributed by atoms with E-state index in [1.807, 2.05) is 0 Å². The van der Waals surface area contributed by atoms with Gasteiger partial charge in [-0.1, -0.05) is 19.3 Å². The van der Waals surface area contributed by atoms with Crippen LogP contribution in [0.1, 0.15) is 45.4 Å². The molecule has 17 heavy (non-hydrogen) atoms. The molecule has 100 valence electrons. The number of nitrogens with one attached hydrogen (secondary N) is 1. The van der Waals surface area contributed by atoms with Crippen molar-refractivity contribution in [1.29, 1.82) is 0 Å². The van der Waals surface area contributed by atoms with Crippen LogP contribution in [0.25, 0.3) is 0 Å². The molecule has 1 aliphatic carbocycles. The molecule has 3 nitrogen and oxygen atoms in total. The summed E-state index contributed by atoms with van der Waals surface area (Å²) in [6.45, 7) is 5.27. The summed E-state index contributed by atoms with van der Waals surface area (Å²) in [5, 5.41) is 3.69. The van der Waals surface area contributed by atoms with Gasteiger partial charge in [0.05, 0.1) is 6.61 Å².